The standard InChI is InChI=1S/C21H41N5O2/c1-17(2)18-6-8-19(9-7-18)24-21(23-16-20(27)25(3)4)22-10-5-11-26-12-14-28-15-13-26/h17-19H,5-16H2,1-4H3,(H2,22,23,24). The Kier molecular flexibility index (Phi) is 10.1. The van der Waals surface area contributed by atoms with Gasteiger partial charge in [0.15, 0.2) is 5.96 Å². The number of carbonyl (C=O) groups excluding carboxylic acids is 1. The minimum absolute atomic E-state index is 0.0259. The van der Waals surface area contributed by atoms with Crippen LogP contribution in [0.1, 0.15) is 46.0 Å². The molecule has 0 atom stereocenters. The number of amides is 1. The van der Waals surface area contributed by atoms with Crippen LogP contribution in [0.25, 0.3) is 0 Å². The van der Waals surface area contributed by atoms with Gasteiger partial charge in [0.2, 0.25) is 5.91 Å². The minimum Gasteiger partial charge on any atom is -0.379 e. The summed E-state index contributed by atoms with van der Waals surface area (Å²) < 4.78 is 5.40. The van der Waals surface area contributed by atoms with E-state index in [4.69, 9.17) is 4.74 Å². The molecule has 2 aliphatic rings. The Morgan fingerprint density at radius 3 is 2.46 bits per heavy atom. The van der Waals surface area contributed by atoms with Crippen LogP contribution in [0.3, 0.4) is 0 Å². The predicted molar refractivity (Wildman–Crippen MR) is 115 cm³/mol. The second-order valence-corrected chi connectivity index (χ2v) is 8.69. The van der Waals surface area contributed by atoms with E-state index in [9.17, 15) is 4.79 Å². The Hall–Kier alpha value is -1.34. The van der Waals surface area contributed by atoms with Crippen molar-refractivity contribution in [2.45, 2.75) is 52.0 Å². The zero-order valence-electron chi connectivity index (χ0n) is 18.4. The van der Waals surface area contributed by atoms with E-state index in [0.29, 0.717) is 6.04 Å². The van der Waals surface area contributed by atoms with Gasteiger partial charge in [-0.05, 0) is 50.5 Å². The van der Waals surface area contributed by atoms with Crippen molar-refractivity contribution >= 4 is 11.9 Å². The zero-order valence-corrected chi connectivity index (χ0v) is 18.4. The van der Waals surface area contributed by atoms with Crippen LogP contribution >= 0.6 is 0 Å². The van der Waals surface area contributed by atoms with Crippen LogP contribution in [0.5, 0.6) is 0 Å². The number of aliphatic imine (C=N–C) groups is 1. The number of guanidine groups is 1. The molecule has 1 aliphatic heterocycles. The van der Waals surface area contributed by atoms with E-state index in [1.54, 1.807) is 19.0 Å². The van der Waals surface area contributed by atoms with Crippen LogP contribution in [-0.2, 0) is 9.53 Å². The van der Waals surface area contributed by atoms with E-state index in [0.717, 1.165) is 63.6 Å². The number of hydrogen-bond acceptors (Lipinski definition) is 4. The van der Waals surface area contributed by atoms with Crippen molar-refractivity contribution in [1.82, 2.24) is 20.4 Å². The molecule has 1 saturated carbocycles. The van der Waals surface area contributed by atoms with Crippen LogP contribution in [0, 0.1) is 11.8 Å². The number of nitrogens with one attached hydrogen (secondary N) is 2. The smallest absolute Gasteiger partial charge is 0.243 e. The van der Waals surface area contributed by atoms with Gasteiger partial charge in [-0.25, -0.2) is 4.99 Å². The molecule has 2 N–H and O–H groups in total. The highest BCUT2D eigenvalue weighted by Crippen LogP contribution is 2.29. The molecule has 1 heterocycles. The van der Waals surface area contributed by atoms with Gasteiger partial charge >= 0.3 is 0 Å². The van der Waals surface area contributed by atoms with Crippen molar-refractivity contribution in [3.05, 3.63) is 0 Å². The van der Waals surface area contributed by atoms with Crippen LogP contribution in [0.2, 0.25) is 0 Å². The maximum Gasteiger partial charge on any atom is 0.243 e. The Morgan fingerprint density at radius 1 is 1.18 bits per heavy atom. The van der Waals surface area contributed by atoms with Gasteiger partial charge in [0.25, 0.3) is 0 Å². The van der Waals surface area contributed by atoms with Crippen LogP contribution in [0.4, 0.5) is 0 Å². The number of carbonyl (C=O) groups is 1. The van der Waals surface area contributed by atoms with E-state index in [1.165, 1.54) is 25.7 Å². The molecule has 0 bridgehead atoms. The number of morpholine rings is 1. The largest absolute Gasteiger partial charge is 0.379 e. The quantitative estimate of drug-likeness (QED) is 0.371. The normalized spacial score (nSPS) is 24.2. The van der Waals surface area contributed by atoms with Gasteiger partial charge in [-0.1, -0.05) is 13.8 Å². The van der Waals surface area contributed by atoms with E-state index >= 15 is 0 Å². The monoisotopic (exact) mass is 395 g/mol. The summed E-state index contributed by atoms with van der Waals surface area (Å²) in [6.07, 6.45) is 5.97. The van der Waals surface area contributed by atoms with Gasteiger partial charge in [-0.15, -0.1) is 0 Å². The van der Waals surface area contributed by atoms with Crippen molar-refractivity contribution in [2.24, 2.45) is 16.8 Å². The molecule has 0 spiro atoms. The lowest BCUT2D eigenvalue weighted by Gasteiger charge is -2.32. The average Bonchev–Trinajstić information content (AvgIpc) is 2.70. The molecule has 7 heteroatoms. The van der Waals surface area contributed by atoms with Gasteiger partial charge in [-0.2, -0.15) is 0 Å². The highest BCUT2D eigenvalue weighted by atomic mass is 16.5. The lowest BCUT2D eigenvalue weighted by atomic mass is 9.80. The second-order valence-electron chi connectivity index (χ2n) is 8.69. The minimum atomic E-state index is 0.0259. The number of hydrogen-bond donors (Lipinski definition) is 2. The molecular weight excluding hydrogens is 354 g/mol. The molecule has 0 radical (unpaired) electrons. The Bertz CT molecular complexity index is 481. The summed E-state index contributed by atoms with van der Waals surface area (Å²) in [7, 11) is 3.54. The molecule has 162 valence electrons. The molecule has 0 aromatic carbocycles. The molecule has 0 aromatic heterocycles. The molecule has 7 nitrogen and oxygen atoms in total. The molecule has 1 saturated heterocycles. The molecule has 0 unspecified atom stereocenters. The average molecular weight is 396 g/mol. The molecule has 1 amide bonds. The summed E-state index contributed by atoms with van der Waals surface area (Å²) in [6, 6.07) is 0.454. The fraction of sp³-hybridized carbons (Fsp3) is 0.905. The summed E-state index contributed by atoms with van der Waals surface area (Å²) in [5, 5.41) is 7.03. The molecule has 2 rings (SSSR count). The van der Waals surface area contributed by atoms with Gasteiger partial charge < -0.3 is 20.3 Å². The third-order valence-corrected chi connectivity index (χ3v) is 5.97. The Balaban J connectivity index is 1.79. The maximum absolute atomic E-state index is 11.9. The summed E-state index contributed by atoms with van der Waals surface area (Å²) >= 11 is 0. The van der Waals surface area contributed by atoms with Crippen molar-refractivity contribution in [3.63, 3.8) is 0 Å². The SMILES string of the molecule is CC(C)C1CCC(NC(=NCC(=O)N(C)C)NCCCN2CCOCC2)CC1. The number of likely N-dealkylation sites (N-methyl/N-ethyl adjacent to an activating group) is 1. The second kappa shape index (κ2) is 12.3. The third kappa shape index (κ3) is 8.35. The highest BCUT2D eigenvalue weighted by Gasteiger charge is 2.23. The zero-order chi connectivity index (χ0) is 20.4. The maximum atomic E-state index is 11.9. The summed E-state index contributed by atoms with van der Waals surface area (Å²) in [6.45, 7) is 10.5. The van der Waals surface area contributed by atoms with Gasteiger partial charge in [0.1, 0.15) is 6.54 Å². The fourth-order valence-electron chi connectivity index (χ4n) is 3.90. The number of ether oxygens (including phenoxy) is 1. The van der Waals surface area contributed by atoms with E-state index in [-0.39, 0.29) is 12.5 Å². The molecule has 2 fully saturated rings. The van der Waals surface area contributed by atoms with Crippen LogP contribution in [-0.4, -0.2) is 87.7 Å². The summed E-state index contributed by atoms with van der Waals surface area (Å²) in [5.41, 5.74) is 0. The molecule has 0 aromatic rings. The molecule has 28 heavy (non-hydrogen) atoms. The van der Waals surface area contributed by atoms with Gasteiger partial charge in [0, 0.05) is 39.8 Å². The molecule has 1 aliphatic carbocycles. The lowest BCUT2D eigenvalue weighted by molar-refractivity contribution is -0.127. The first-order chi connectivity index (χ1) is 13.5. The van der Waals surface area contributed by atoms with Crippen molar-refractivity contribution in [1.29, 1.82) is 0 Å². The van der Waals surface area contributed by atoms with E-state index < -0.39 is 0 Å². The Morgan fingerprint density at radius 2 is 1.86 bits per heavy atom. The van der Waals surface area contributed by atoms with Crippen LogP contribution in [0.15, 0.2) is 4.99 Å². The highest BCUT2D eigenvalue weighted by molar-refractivity contribution is 5.84. The van der Waals surface area contributed by atoms with Gasteiger partial charge in [-0.3, -0.25) is 9.69 Å². The molecular formula is C21H41N5O2. The third-order valence-electron chi connectivity index (χ3n) is 5.97. The van der Waals surface area contributed by atoms with Crippen molar-refractivity contribution in [2.75, 3.05) is 60.0 Å². The number of rotatable bonds is 8. The van der Waals surface area contributed by atoms with Crippen LogP contribution < -0.4 is 10.6 Å². The first kappa shape index (κ1) is 22.9. The van der Waals surface area contributed by atoms with Gasteiger partial charge in [0.05, 0.1) is 13.2 Å². The van der Waals surface area contributed by atoms with Crippen molar-refractivity contribution in [3.8, 4) is 0 Å². The summed E-state index contributed by atoms with van der Waals surface area (Å²) in [5.74, 6) is 2.42. The predicted octanol–water partition coefficient (Wildman–Crippen LogP) is 1.55. The summed E-state index contributed by atoms with van der Waals surface area (Å²) in [4.78, 5) is 20.5. The van der Waals surface area contributed by atoms with Crippen molar-refractivity contribution < 1.29 is 9.53 Å². The lowest BCUT2D eigenvalue weighted by Crippen LogP contribution is -2.46. The Labute approximate surface area is 171 Å². The fourth-order valence-corrected chi connectivity index (χ4v) is 3.90. The number of nitrogens with zero attached hydrogens (tertiary/aromatic N) is 3. The van der Waals surface area contributed by atoms with E-state index in [1.807, 2.05) is 0 Å². The first-order valence-corrected chi connectivity index (χ1v) is 11.0. The van der Waals surface area contributed by atoms with E-state index in [2.05, 4.69) is 34.4 Å². The first-order valence-electron chi connectivity index (χ1n) is 11.0. The topological polar surface area (TPSA) is 69.2 Å².